The molecule has 2 aromatic carbocycles. The first-order valence-electron chi connectivity index (χ1n) is 8.44. The van der Waals surface area contributed by atoms with E-state index in [9.17, 15) is 4.79 Å². The summed E-state index contributed by atoms with van der Waals surface area (Å²) in [4.78, 5) is 12.4. The molecule has 0 unspecified atom stereocenters. The summed E-state index contributed by atoms with van der Waals surface area (Å²) in [6.07, 6.45) is 1.35. The molecule has 0 bridgehead atoms. The number of hydrogen-bond acceptors (Lipinski definition) is 3. The lowest BCUT2D eigenvalue weighted by Crippen LogP contribution is -2.17. The largest absolute Gasteiger partial charge is 0.486 e. The van der Waals surface area contributed by atoms with Crippen molar-refractivity contribution in [1.82, 2.24) is 0 Å². The normalized spacial score (nSPS) is 14.1. The molecule has 1 amide bonds. The molecule has 0 saturated carbocycles. The smallest absolute Gasteiger partial charge is 0.228 e. The van der Waals surface area contributed by atoms with Gasteiger partial charge in [-0.3, -0.25) is 4.79 Å². The molecule has 1 atom stereocenters. The van der Waals surface area contributed by atoms with E-state index in [1.54, 1.807) is 0 Å². The molecule has 1 N–H and O–H groups in total. The fourth-order valence-corrected chi connectivity index (χ4v) is 2.84. The summed E-state index contributed by atoms with van der Waals surface area (Å²) in [6, 6.07) is 13.7. The van der Waals surface area contributed by atoms with E-state index in [0.29, 0.717) is 31.3 Å². The molecule has 1 heterocycles. The highest BCUT2D eigenvalue weighted by molar-refractivity contribution is 5.93. The van der Waals surface area contributed by atoms with E-state index in [2.05, 4.69) is 25.2 Å². The van der Waals surface area contributed by atoms with Crippen LogP contribution in [0.5, 0.6) is 11.5 Å². The monoisotopic (exact) mass is 325 g/mol. The van der Waals surface area contributed by atoms with E-state index in [4.69, 9.17) is 9.47 Å². The molecule has 0 saturated heterocycles. The summed E-state index contributed by atoms with van der Waals surface area (Å²) in [7, 11) is 0. The molecular formula is C20H23NO3. The number of para-hydroxylation sites is 1. The Kier molecular flexibility index (Phi) is 5.04. The van der Waals surface area contributed by atoms with Gasteiger partial charge in [0.25, 0.3) is 0 Å². The highest BCUT2D eigenvalue weighted by Gasteiger charge is 2.14. The average Bonchev–Trinajstić information content (AvgIpc) is 2.61. The van der Waals surface area contributed by atoms with Crippen molar-refractivity contribution in [2.45, 2.75) is 32.6 Å². The number of amides is 1. The Labute approximate surface area is 142 Å². The highest BCUT2D eigenvalue weighted by Crippen LogP contribution is 2.31. The van der Waals surface area contributed by atoms with Gasteiger partial charge in [0.2, 0.25) is 5.91 Å². The van der Waals surface area contributed by atoms with Crippen LogP contribution in [0.1, 0.15) is 37.3 Å². The van der Waals surface area contributed by atoms with Gasteiger partial charge in [-0.25, -0.2) is 0 Å². The van der Waals surface area contributed by atoms with Crippen LogP contribution in [-0.2, 0) is 11.2 Å². The van der Waals surface area contributed by atoms with Gasteiger partial charge >= 0.3 is 0 Å². The second-order valence-corrected chi connectivity index (χ2v) is 6.10. The van der Waals surface area contributed by atoms with Gasteiger partial charge < -0.3 is 14.8 Å². The second kappa shape index (κ2) is 7.39. The summed E-state index contributed by atoms with van der Waals surface area (Å²) >= 11 is 0. The minimum atomic E-state index is -0.0255. The van der Waals surface area contributed by atoms with E-state index < -0.39 is 0 Å². The van der Waals surface area contributed by atoms with Crippen molar-refractivity contribution in [3.63, 3.8) is 0 Å². The van der Waals surface area contributed by atoms with Crippen LogP contribution in [0.3, 0.4) is 0 Å². The predicted molar refractivity (Wildman–Crippen MR) is 94.9 cm³/mol. The second-order valence-electron chi connectivity index (χ2n) is 6.10. The minimum absolute atomic E-state index is 0.0255. The van der Waals surface area contributed by atoms with E-state index >= 15 is 0 Å². The number of rotatable bonds is 5. The van der Waals surface area contributed by atoms with Crippen LogP contribution < -0.4 is 14.8 Å². The van der Waals surface area contributed by atoms with Gasteiger partial charge in [-0.15, -0.1) is 0 Å². The quantitative estimate of drug-likeness (QED) is 0.898. The fraction of sp³-hybridized carbons (Fsp3) is 0.350. The molecule has 1 aliphatic rings. The summed E-state index contributed by atoms with van der Waals surface area (Å²) in [5.41, 5.74) is 2.99. The van der Waals surface area contributed by atoms with Gasteiger partial charge in [-0.2, -0.15) is 0 Å². The summed E-state index contributed by atoms with van der Waals surface area (Å²) in [5.74, 6) is 1.84. The van der Waals surface area contributed by atoms with Crippen molar-refractivity contribution in [2.24, 2.45) is 0 Å². The molecule has 126 valence electrons. The zero-order valence-electron chi connectivity index (χ0n) is 14.2. The number of fused-ring (bicyclic) bond motifs is 1. The SMILES string of the molecule is CC[C@H](C)c1ccccc1NC(=O)Cc1ccc2c(c1)OCCO2. The third-order valence-corrected chi connectivity index (χ3v) is 4.35. The zero-order chi connectivity index (χ0) is 16.9. The van der Waals surface area contributed by atoms with Crippen molar-refractivity contribution < 1.29 is 14.3 Å². The number of benzene rings is 2. The van der Waals surface area contributed by atoms with Crippen LogP contribution >= 0.6 is 0 Å². The summed E-state index contributed by atoms with van der Waals surface area (Å²) < 4.78 is 11.1. The van der Waals surface area contributed by atoms with Crippen molar-refractivity contribution in [1.29, 1.82) is 0 Å². The third kappa shape index (κ3) is 3.70. The molecule has 3 rings (SSSR count). The van der Waals surface area contributed by atoms with Crippen molar-refractivity contribution in [3.05, 3.63) is 53.6 Å². The average molecular weight is 325 g/mol. The van der Waals surface area contributed by atoms with Crippen LogP contribution in [-0.4, -0.2) is 19.1 Å². The van der Waals surface area contributed by atoms with Crippen molar-refractivity contribution >= 4 is 11.6 Å². The van der Waals surface area contributed by atoms with Crippen LogP contribution in [0.25, 0.3) is 0 Å². The Hall–Kier alpha value is -2.49. The zero-order valence-corrected chi connectivity index (χ0v) is 14.2. The summed E-state index contributed by atoms with van der Waals surface area (Å²) in [5, 5.41) is 3.04. The maximum atomic E-state index is 12.4. The van der Waals surface area contributed by atoms with Crippen LogP contribution in [0.2, 0.25) is 0 Å². The number of carbonyl (C=O) groups is 1. The van der Waals surface area contributed by atoms with Crippen LogP contribution in [0, 0.1) is 0 Å². The lowest BCUT2D eigenvalue weighted by molar-refractivity contribution is -0.115. The molecule has 0 spiro atoms. The molecule has 0 aromatic heterocycles. The highest BCUT2D eigenvalue weighted by atomic mass is 16.6. The molecule has 4 heteroatoms. The number of anilines is 1. The molecule has 0 aliphatic carbocycles. The number of nitrogens with one attached hydrogen (secondary N) is 1. The van der Waals surface area contributed by atoms with Gasteiger partial charge in [-0.1, -0.05) is 38.1 Å². The van der Waals surface area contributed by atoms with Gasteiger partial charge in [0.15, 0.2) is 11.5 Å². The van der Waals surface area contributed by atoms with Gasteiger partial charge in [0, 0.05) is 5.69 Å². The minimum Gasteiger partial charge on any atom is -0.486 e. The van der Waals surface area contributed by atoms with E-state index in [1.807, 2.05) is 36.4 Å². The molecule has 1 aliphatic heterocycles. The Morgan fingerprint density at radius 2 is 1.88 bits per heavy atom. The number of hydrogen-bond donors (Lipinski definition) is 1. The first kappa shape index (κ1) is 16.4. The Balaban J connectivity index is 1.70. The maximum absolute atomic E-state index is 12.4. The van der Waals surface area contributed by atoms with E-state index in [0.717, 1.165) is 23.4 Å². The molecule has 24 heavy (non-hydrogen) atoms. The third-order valence-electron chi connectivity index (χ3n) is 4.35. The van der Waals surface area contributed by atoms with E-state index in [1.165, 1.54) is 5.56 Å². The van der Waals surface area contributed by atoms with Gasteiger partial charge in [0.05, 0.1) is 6.42 Å². The lowest BCUT2D eigenvalue weighted by atomic mass is 9.97. The predicted octanol–water partition coefficient (Wildman–Crippen LogP) is 4.15. The molecule has 4 nitrogen and oxygen atoms in total. The molecule has 0 fully saturated rings. The van der Waals surface area contributed by atoms with Crippen LogP contribution in [0.4, 0.5) is 5.69 Å². The maximum Gasteiger partial charge on any atom is 0.228 e. The Morgan fingerprint density at radius 1 is 1.12 bits per heavy atom. The first-order chi connectivity index (χ1) is 11.7. The van der Waals surface area contributed by atoms with Crippen molar-refractivity contribution in [3.8, 4) is 11.5 Å². The standard InChI is InChI=1S/C20H23NO3/c1-3-14(2)16-6-4-5-7-17(16)21-20(22)13-15-8-9-18-19(12-15)24-11-10-23-18/h4-9,12,14H,3,10-11,13H2,1-2H3,(H,21,22)/t14-/m0/s1. The number of carbonyl (C=O) groups excluding carboxylic acids is 1. The molecule has 0 radical (unpaired) electrons. The van der Waals surface area contributed by atoms with Crippen LogP contribution in [0.15, 0.2) is 42.5 Å². The Bertz CT molecular complexity index is 727. The fourth-order valence-electron chi connectivity index (χ4n) is 2.84. The first-order valence-corrected chi connectivity index (χ1v) is 8.44. The molecular weight excluding hydrogens is 302 g/mol. The summed E-state index contributed by atoms with van der Waals surface area (Å²) in [6.45, 7) is 5.44. The van der Waals surface area contributed by atoms with Gasteiger partial charge in [0.1, 0.15) is 13.2 Å². The van der Waals surface area contributed by atoms with Crippen molar-refractivity contribution in [2.75, 3.05) is 18.5 Å². The Morgan fingerprint density at radius 3 is 2.67 bits per heavy atom. The van der Waals surface area contributed by atoms with E-state index in [-0.39, 0.29) is 5.91 Å². The topological polar surface area (TPSA) is 47.6 Å². The lowest BCUT2D eigenvalue weighted by Gasteiger charge is -2.19. The number of ether oxygens (including phenoxy) is 2. The molecule has 2 aromatic rings. The van der Waals surface area contributed by atoms with Gasteiger partial charge in [-0.05, 0) is 41.7 Å².